The highest BCUT2D eigenvalue weighted by molar-refractivity contribution is 9.10. The van der Waals surface area contributed by atoms with E-state index in [1.165, 1.54) is 31.3 Å². The molecular weight excluding hydrogens is 361 g/mol. The number of benzene rings is 1. The lowest BCUT2D eigenvalue weighted by Crippen LogP contribution is -2.36. The van der Waals surface area contributed by atoms with Gasteiger partial charge in [0.15, 0.2) is 5.75 Å². The summed E-state index contributed by atoms with van der Waals surface area (Å²) >= 11 is 3.11. The molecule has 0 N–H and O–H groups in total. The number of esters is 2. The van der Waals surface area contributed by atoms with Crippen molar-refractivity contribution in [2.75, 3.05) is 32.3 Å². The highest BCUT2D eigenvalue weighted by Crippen LogP contribution is 2.41. The second kappa shape index (κ2) is 6.78. The van der Waals surface area contributed by atoms with Crippen molar-refractivity contribution in [3.8, 4) is 5.75 Å². The quantitative estimate of drug-likeness (QED) is 0.596. The number of hydrogen-bond acceptors (Lipinski definition) is 6. The van der Waals surface area contributed by atoms with Crippen molar-refractivity contribution in [2.45, 2.75) is 0 Å². The molecule has 0 saturated heterocycles. The van der Waals surface area contributed by atoms with Crippen LogP contribution in [-0.4, -0.2) is 39.3 Å². The number of methoxy groups -OCH3 is 2. The van der Waals surface area contributed by atoms with Gasteiger partial charge in [0, 0.05) is 0 Å². The maximum atomic E-state index is 13.6. The summed E-state index contributed by atoms with van der Waals surface area (Å²) in [6, 6.07) is 2.69. The van der Waals surface area contributed by atoms with Gasteiger partial charge in [0.25, 0.3) is 0 Å². The van der Waals surface area contributed by atoms with Crippen LogP contribution in [0.3, 0.4) is 0 Å². The highest BCUT2D eigenvalue weighted by Gasteiger charge is 2.29. The van der Waals surface area contributed by atoms with E-state index in [4.69, 9.17) is 9.47 Å². The number of carbonyl (C=O) groups excluding carboxylic acids is 2. The number of nitrogens with zero attached hydrogens (tertiary/aromatic N) is 1. The summed E-state index contributed by atoms with van der Waals surface area (Å²) in [5.41, 5.74) is 0.428. The molecule has 0 aliphatic carbocycles. The number of ether oxygens (including phenoxy) is 3. The lowest BCUT2D eigenvalue weighted by atomic mass is 10.2. The van der Waals surface area contributed by atoms with Gasteiger partial charge in [-0.05, 0) is 28.1 Å². The van der Waals surface area contributed by atoms with Gasteiger partial charge in [-0.2, -0.15) is 0 Å². The van der Waals surface area contributed by atoms with Crippen molar-refractivity contribution in [3.05, 3.63) is 34.2 Å². The van der Waals surface area contributed by atoms with Crippen LogP contribution in [0.5, 0.6) is 5.75 Å². The van der Waals surface area contributed by atoms with Crippen molar-refractivity contribution in [1.82, 2.24) is 0 Å². The number of fused-ring (bicyclic) bond motifs is 1. The van der Waals surface area contributed by atoms with E-state index in [2.05, 4.69) is 20.7 Å². The maximum absolute atomic E-state index is 13.6. The molecular formula is C14H13BrFNO5. The molecule has 0 atom stereocenters. The van der Waals surface area contributed by atoms with Crippen LogP contribution in [-0.2, 0) is 19.1 Å². The standard InChI is InChI=1S/C14H13BrFNO5/c1-20-11(18)7-10(14(19)21-2)17-5-6-22-13-9(17)4-3-8(16)12(13)15/h3-4,7H,5-6H2,1-2H3/b10-7+. The second-order valence-electron chi connectivity index (χ2n) is 4.25. The lowest BCUT2D eigenvalue weighted by Gasteiger charge is -2.32. The molecule has 1 heterocycles. The molecule has 0 fully saturated rings. The van der Waals surface area contributed by atoms with Gasteiger partial charge >= 0.3 is 11.9 Å². The first-order valence-electron chi connectivity index (χ1n) is 6.26. The molecule has 6 nitrogen and oxygen atoms in total. The summed E-state index contributed by atoms with van der Waals surface area (Å²) in [6.45, 7) is 0.508. The van der Waals surface area contributed by atoms with Crippen molar-refractivity contribution < 1.29 is 28.2 Å². The van der Waals surface area contributed by atoms with Crippen molar-refractivity contribution in [1.29, 1.82) is 0 Å². The first-order chi connectivity index (χ1) is 10.5. The van der Waals surface area contributed by atoms with Crippen LogP contribution in [0.1, 0.15) is 0 Å². The molecule has 0 radical (unpaired) electrons. The molecule has 0 saturated carbocycles. The highest BCUT2D eigenvalue weighted by atomic mass is 79.9. The molecule has 1 aliphatic heterocycles. The van der Waals surface area contributed by atoms with Crippen LogP contribution in [0.15, 0.2) is 28.4 Å². The van der Waals surface area contributed by atoms with Gasteiger partial charge in [-0.1, -0.05) is 0 Å². The van der Waals surface area contributed by atoms with Gasteiger partial charge in [-0.15, -0.1) is 0 Å². The third kappa shape index (κ3) is 3.06. The number of halogens is 2. The van der Waals surface area contributed by atoms with Gasteiger partial charge in [0.05, 0.1) is 37.0 Å². The molecule has 0 bridgehead atoms. The smallest absolute Gasteiger partial charge is 0.354 e. The fraction of sp³-hybridized carbons (Fsp3) is 0.286. The largest absolute Gasteiger partial charge is 0.488 e. The maximum Gasteiger partial charge on any atom is 0.354 e. The molecule has 0 unspecified atom stereocenters. The van der Waals surface area contributed by atoms with E-state index in [1.807, 2.05) is 0 Å². The Bertz CT molecular complexity index is 646. The summed E-state index contributed by atoms with van der Waals surface area (Å²) in [7, 11) is 2.41. The van der Waals surface area contributed by atoms with Crippen LogP contribution in [0.25, 0.3) is 0 Å². The second-order valence-corrected chi connectivity index (χ2v) is 5.05. The Morgan fingerprint density at radius 1 is 1.36 bits per heavy atom. The average Bonchev–Trinajstić information content (AvgIpc) is 2.54. The topological polar surface area (TPSA) is 65.1 Å². The predicted molar refractivity (Wildman–Crippen MR) is 79.1 cm³/mol. The lowest BCUT2D eigenvalue weighted by molar-refractivity contribution is -0.138. The Balaban J connectivity index is 2.52. The first kappa shape index (κ1) is 16.3. The van der Waals surface area contributed by atoms with Crippen LogP contribution in [0.2, 0.25) is 0 Å². The molecule has 8 heteroatoms. The fourth-order valence-corrected chi connectivity index (χ4v) is 2.45. The molecule has 22 heavy (non-hydrogen) atoms. The summed E-state index contributed by atoms with van der Waals surface area (Å²) in [5.74, 6) is -1.64. The molecule has 1 aliphatic rings. The molecule has 118 valence electrons. The summed E-state index contributed by atoms with van der Waals surface area (Å²) in [6.07, 6.45) is 1.03. The number of hydrogen-bond donors (Lipinski definition) is 0. The van der Waals surface area contributed by atoms with Crippen molar-refractivity contribution in [2.24, 2.45) is 0 Å². The molecule has 0 amide bonds. The van der Waals surface area contributed by atoms with Gasteiger partial charge in [-0.25, -0.2) is 14.0 Å². The zero-order valence-electron chi connectivity index (χ0n) is 11.9. The van der Waals surface area contributed by atoms with Crippen LogP contribution in [0, 0.1) is 5.82 Å². The van der Waals surface area contributed by atoms with E-state index in [1.54, 1.807) is 0 Å². The van der Waals surface area contributed by atoms with Crippen LogP contribution in [0.4, 0.5) is 10.1 Å². The van der Waals surface area contributed by atoms with Crippen LogP contribution < -0.4 is 9.64 Å². The monoisotopic (exact) mass is 373 g/mol. The zero-order chi connectivity index (χ0) is 16.3. The van der Waals surface area contributed by atoms with E-state index in [0.717, 1.165) is 6.08 Å². The van der Waals surface area contributed by atoms with Crippen molar-refractivity contribution >= 4 is 33.6 Å². The summed E-state index contributed by atoms with van der Waals surface area (Å²) < 4.78 is 28.4. The normalized spacial score (nSPS) is 14.0. The minimum absolute atomic E-state index is 0.0163. The summed E-state index contributed by atoms with van der Waals surface area (Å²) in [5, 5.41) is 0. The number of carbonyl (C=O) groups is 2. The number of anilines is 1. The van der Waals surface area contributed by atoms with Crippen molar-refractivity contribution in [3.63, 3.8) is 0 Å². The van der Waals surface area contributed by atoms with Gasteiger partial charge in [-0.3, -0.25) is 0 Å². The third-order valence-electron chi connectivity index (χ3n) is 3.02. The van der Waals surface area contributed by atoms with Gasteiger partial charge < -0.3 is 19.1 Å². The Morgan fingerprint density at radius 3 is 2.73 bits per heavy atom. The Kier molecular flexibility index (Phi) is 5.02. The van der Waals surface area contributed by atoms with Gasteiger partial charge in [0.2, 0.25) is 0 Å². The molecule has 0 aromatic heterocycles. The zero-order valence-corrected chi connectivity index (χ0v) is 13.5. The molecule has 2 rings (SSSR count). The van der Waals surface area contributed by atoms with Crippen LogP contribution >= 0.6 is 15.9 Å². The Labute approximate surface area is 134 Å². The number of rotatable bonds is 3. The van der Waals surface area contributed by atoms with E-state index >= 15 is 0 Å². The minimum atomic E-state index is -0.710. The third-order valence-corrected chi connectivity index (χ3v) is 3.76. The molecule has 1 aromatic carbocycles. The van der Waals surface area contributed by atoms with E-state index < -0.39 is 17.8 Å². The predicted octanol–water partition coefficient (Wildman–Crippen LogP) is 2.02. The van der Waals surface area contributed by atoms with Gasteiger partial charge in [0.1, 0.15) is 18.1 Å². The SMILES string of the molecule is COC(=O)/C=C(\C(=O)OC)N1CCOc2c1ccc(F)c2Br. The minimum Gasteiger partial charge on any atom is -0.488 e. The summed E-state index contributed by atoms with van der Waals surface area (Å²) in [4.78, 5) is 25.0. The Morgan fingerprint density at radius 2 is 2.09 bits per heavy atom. The molecule has 1 aromatic rings. The fourth-order valence-electron chi connectivity index (χ4n) is 2.00. The molecule has 0 spiro atoms. The van der Waals surface area contributed by atoms with E-state index in [-0.39, 0.29) is 22.5 Å². The van der Waals surface area contributed by atoms with E-state index in [9.17, 15) is 14.0 Å². The first-order valence-corrected chi connectivity index (χ1v) is 7.05. The van der Waals surface area contributed by atoms with E-state index in [0.29, 0.717) is 12.2 Å². The average molecular weight is 374 g/mol. The Hall–Kier alpha value is -2.09.